The summed E-state index contributed by atoms with van der Waals surface area (Å²) in [5, 5.41) is 19.6. The van der Waals surface area contributed by atoms with E-state index in [1.54, 1.807) is 13.2 Å². The third-order valence-electron chi connectivity index (χ3n) is 2.96. The van der Waals surface area contributed by atoms with Gasteiger partial charge in [0.2, 0.25) is 0 Å². The number of nitrogens with zero attached hydrogens (tertiary/aromatic N) is 3. The topological polar surface area (TPSA) is 70.8 Å². The van der Waals surface area contributed by atoms with Crippen molar-refractivity contribution in [3.8, 4) is 23.1 Å². The molecule has 0 aliphatic carbocycles. The Labute approximate surface area is 118 Å². The summed E-state index contributed by atoms with van der Waals surface area (Å²) in [4.78, 5) is 0. The van der Waals surface area contributed by atoms with Crippen LogP contribution in [-0.2, 0) is 6.42 Å². The standard InChI is InChI=1S/C15H16N4O/c1-3-11-4-6-14(20-2)12(10-11)13-5-7-15(19-18-13)17-9-8-16/h4-7,10H,3,9H2,1-2H3,(H,17,19). The second kappa shape index (κ2) is 6.53. The fourth-order valence-corrected chi connectivity index (χ4v) is 1.88. The summed E-state index contributed by atoms with van der Waals surface area (Å²) < 4.78 is 5.37. The number of rotatable bonds is 5. The first-order chi connectivity index (χ1) is 9.78. The molecule has 5 heteroatoms. The van der Waals surface area contributed by atoms with Crippen LogP contribution in [0.4, 0.5) is 5.82 Å². The van der Waals surface area contributed by atoms with E-state index in [1.165, 1.54) is 5.56 Å². The summed E-state index contributed by atoms with van der Waals surface area (Å²) >= 11 is 0. The van der Waals surface area contributed by atoms with Crippen LogP contribution in [0.2, 0.25) is 0 Å². The second-order valence-electron chi connectivity index (χ2n) is 4.20. The molecule has 0 saturated carbocycles. The number of nitriles is 1. The largest absolute Gasteiger partial charge is 0.496 e. The van der Waals surface area contributed by atoms with Gasteiger partial charge in [-0.1, -0.05) is 13.0 Å². The SMILES string of the molecule is CCc1ccc(OC)c(-c2ccc(NCC#N)nn2)c1. The normalized spacial score (nSPS) is 9.85. The predicted octanol–water partition coefficient (Wildman–Crippen LogP) is 2.65. The first-order valence-electron chi connectivity index (χ1n) is 6.40. The van der Waals surface area contributed by atoms with Crippen LogP contribution < -0.4 is 10.1 Å². The average Bonchev–Trinajstić information content (AvgIpc) is 2.52. The maximum Gasteiger partial charge on any atom is 0.149 e. The Morgan fingerprint density at radius 3 is 2.70 bits per heavy atom. The fourth-order valence-electron chi connectivity index (χ4n) is 1.88. The minimum Gasteiger partial charge on any atom is -0.496 e. The smallest absolute Gasteiger partial charge is 0.149 e. The lowest BCUT2D eigenvalue weighted by Crippen LogP contribution is -2.02. The monoisotopic (exact) mass is 268 g/mol. The lowest BCUT2D eigenvalue weighted by Gasteiger charge is -2.09. The molecular formula is C15H16N4O. The zero-order valence-corrected chi connectivity index (χ0v) is 11.6. The van der Waals surface area contributed by atoms with Crippen LogP contribution in [0.5, 0.6) is 5.75 Å². The number of aryl methyl sites for hydroxylation is 1. The first kappa shape index (κ1) is 13.8. The van der Waals surface area contributed by atoms with Gasteiger partial charge < -0.3 is 10.1 Å². The van der Waals surface area contributed by atoms with Crippen molar-refractivity contribution in [3.63, 3.8) is 0 Å². The van der Waals surface area contributed by atoms with E-state index in [2.05, 4.69) is 28.5 Å². The van der Waals surface area contributed by atoms with Crippen molar-refractivity contribution in [1.82, 2.24) is 10.2 Å². The molecule has 1 heterocycles. The summed E-state index contributed by atoms with van der Waals surface area (Å²) in [6, 6.07) is 11.7. The van der Waals surface area contributed by atoms with E-state index in [1.807, 2.05) is 24.3 Å². The highest BCUT2D eigenvalue weighted by Crippen LogP contribution is 2.29. The van der Waals surface area contributed by atoms with Crippen LogP contribution in [0.1, 0.15) is 12.5 Å². The number of hydrogen-bond donors (Lipinski definition) is 1. The van der Waals surface area contributed by atoms with Gasteiger partial charge in [-0.15, -0.1) is 10.2 Å². The molecule has 0 unspecified atom stereocenters. The number of hydrogen-bond acceptors (Lipinski definition) is 5. The molecule has 2 aromatic rings. The molecule has 1 N–H and O–H groups in total. The molecule has 0 spiro atoms. The highest BCUT2D eigenvalue weighted by Gasteiger charge is 2.08. The lowest BCUT2D eigenvalue weighted by molar-refractivity contribution is 0.416. The number of methoxy groups -OCH3 is 1. The van der Waals surface area contributed by atoms with E-state index in [4.69, 9.17) is 10.00 Å². The molecule has 1 aromatic carbocycles. The molecule has 2 rings (SSSR count). The Morgan fingerprint density at radius 2 is 2.10 bits per heavy atom. The summed E-state index contributed by atoms with van der Waals surface area (Å²) in [6.07, 6.45) is 0.951. The average molecular weight is 268 g/mol. The molecule has 20 heavy (non-hydrogen) atoms. The molecule has 0 aliphatic heterocycles. The molecule has 0 amide bonds. The number of nitrogens with one attached hydrogen (secondary N) is 1. The molecular weight excluding hydrogens is 252 g/mol. The minimum absolute atomic E-state index is 0.211. The Kier molecular flexibility index (Phi) is 4.51. The van der Waals surface area contributed by atoms with Crippen molar-refractivity contribution >= 4 is 5.82 Å². The van der Waals surface area contributed by atoms with Crippen molar-refractivity contribution < 1.29 is 4.74 Å². The van der Waals surface area contributed by atoms with Crippen LogP contribution >= 0.6 is 0 Å². The van der Waals surface area contributed by atoms with Gasteiger partial charge in [0.05, 0.1) is 18.9 Å². The van der Waals surface area contributed by atoms with Gasteiger partial charge in [-0.3, -0.25) is 0 Å². The van der Waals surface area contributed by atoms with Crippen molar-refractivity contribution in [2.75, 3.05) is 19.0 Å². The first-order valence-corrected chi connectivity index (χ1v) is 6.40. The fraction of sp³-hybridized carbons (Fsp3) is 0.267. The number of benzene rings is 1. The van der Waals surface area contributed by atoms with E-state index in [0.29, 0.717) is 5.82 Å². The van der Waals surface area contributed by atoms with E-state index in [-0.39, 0.29) is 6.54 Å². The molecule has 0 fully saturated rings. The van der Waals surface area contributed by atoms with E-state index >= 15 is 0 Å². The molecule has 0 aliphatic rings. The maximum atomic E-state index is 8.51. The molecule has 0 radical (unpaired) electrons. The van der Waals surface area contributed by atoms with Gasteiger partial charge in [-0.25, -0.2) is 0 Å². The van der Waals surface area contributed by atoms with Gasteiger partial charge in [0.25, 0.3) is 0 Å². The zero-order valence-electron chi connectivity index (χ0n) is 11.6. The third-order valence-corrected chi connectivity index (χ3v) is 2.96. The number of ether oxygens (including phenoxy) is 1. The van der Waals surface area contributed by atoms with Crippen LogP contribution in [-0.4, -0.2) is 23.9 Å². The molecule has 0 saturated heterocycles. The Bertz CT molecular complexity index is 617. The summed E-state index contributed by atoms with van der Waals surface area (Å²) in [6.45, 7) is 2.31. The van der Waals surface area contributed by atoms with Crippen LogP contribution in [0, 0.1) is 11.3 Å². The van der Waals surface area contributed by atoms with Gasteiger partial charge in [0.15, 0.2) is 0 Å². The summed E-state index contributed by atoms with van der Waals surface area (Å²) in [5.74, 6) is 1.36. The molecule has 0 bridgehead atoms. The van der Waals surface area contributed by atoms with E-state index in [9.17, 15) is 0 Å². The molecule has 1 aromatic heterocycles. The quantitative estimate of drug-likeness (QED) is 0.844. The Hall–Kier alpha value is -2.61. The van der Waals surface area contributed by atoms with Gasteiger partial charge in [0.1, 0.15) is 18.1 Å². The zero-order chi connectivity index (χ0) is 14.4. The third kappa shape index (κ3) is 3.04. The summed E-state index contributed by atoms with van der Waals surface area (Å²) in [5.41, 5.74) is 2.89. The second-order valence-corrected chi connectivity index (χ2v) is 4.20. The molecule has 0 atom stereocenters. The van der Waals surface area contributed by atoms with Crippen LogP contribution in [0.15, 0.2) is 30.3 Å². The highest BCUT2D eigenvalue weighted by molar-refractivity contribution is 5.68. The highest BCUT2D eigenvalue weighted by atomic mass is 16.5. The minimum atomic E-state index is 0.211. The van der Waals surface area contributed by atoms with Gasteiger partial charge in [-0.05, 0) is 36.2 Å². The van der Waals surface area contributed by atoms with Crippen LogP contribution in [0.25, 0.3) is 11.3 Å². The number of aromatic nitrogens is 2. The summed E-state index contributed by atoms with van der Waals surface area (Å²) in [7, 11) is 1.64. The van der Waals surface area contributed by atoms with Gasteiger partial charge in [-0.2, -0.15) is 5.26 Å². The van der Waals surface area contributed by atoms with Crippen molar-refractivity contribution in [2.45, 2.75) is 13.3 Å². The lowest BCUT2D eigenvalue weighted by atomic mass is 10.0. The molecule has 102 valence electrons. The van der Waals surface area contributed by atoms with E-state index < -0.39 is 0 Å². The van der Waals surface area contributed by atoms with Gasteiger partial charge in [0, 0.05) is 5.56 Å². The molecule has 5 nitrogen and oxygen atoms in total. The van der Waals surface area contributed by atoms with Gasteiger partial charge >= 0.3 is 0 Å². The van der Waals surface area contributed by atoms with E-state index in [0.717, 1.165) is 23.4 Å². The Balaban J connectivity index is 2.33. The maximum absolute atomic E-state index is 8.51. The predicted molar refractivity (Wildman–Crippen MR) is 77.5 cm³/mol. The van der Waals surface area contributed by atoms with Crippen molar-refractivity contribution in [2.24, 2.45) is 0 Å². The number of anilines is 1. The van der Waals surface area contributed by atoms with Crippen molar-refractivity contribution in [3.05, 3.63) is 35.9 Å². The van der Waals surface area contributed by atoms with Crippen molar-refractivity contribution in [1.29, 1.82) is 5.26 Å². The Morgan fingerprint density at radius 1 is 1.25 bits per heavy atom. The van der Waals surface area contributed by atoms with Crippen LogP contribution in [0.3, 0.4) is 0 Å².